The van der Waals surface area contributed by atoms with Crippen molar-refractivity contribution in [2.24, 2.45) is 4.40 Å². The summed E-state index contributed by atoms with van der Waals surface area (Å²) in [6.07, 6.45) is 1.42. The molecule has 2 aromatic carbocycles. The van der Waals surface area contributed by atoms with Crippen LogP contribution < -0.4 is 14.8 Å². The lowest BCUT2D eigenvalue weighted by Crippen LogP contribution is -2.35. The van der Waals surface area contributed by atoms with E-state index in [-0.39, 0.29) is 11.4 Å². The van der Waals surface area contributed by atoms with Crippen molar-refractivity contribution in [3.05, 3.63) is 65.4 Å². The van der Waals surface area contributed by atoms with Gasteiger partial charge in [0.05, 0.1) is 19.9 Å². The molecule has 0 radical (unpaired) electrons. The molecule has 0 saturated heterocycles. The highest BCUT2D eigenvalue weighted by Crippen LogP contribution is 2.29. The van der Waals surface area contributed by atoms with Crippen LogP contribution in [0.1, 0.15) is 11.1 Å². The van der Waals surface area contributed by atoms with E-state index in [9.17, 15) is 13.2 Å². The average molecular weight is 415 g/mol. The smallest absolute Gasteiger partial charge is 0.345 e. The number of likely N-dealkylation sites (N-methyl/N-ethyl adjacent to an activating group) is 1. The molecule has 0 fully saturated rings. The highest BCUT2D eigenvalue weighted by atomic mass is 32.2. The number of carbonyl (C=O) groups is 1. The van der Waals surface area contributed by atoms with Crippen LogP contribution in [0.2, 0.25) is 0 Å². The highest BCUT2D eigenvalue weighted by molar-refractivity contribution is 7.88. The molecule has 1 N–H and O–H groups in total. The van der Waals surface area contributed by atoms with E-state index in [0.29, 0.717) is 22.7 Å². The molecule has 1 amide bonds. The van der Waals surface area contributed by atoms with Crippen LogP contribution in [0.25, 0.3) is 0 Å². The number of amides is 1. The maximum atomic E-state index is 12.8. The van der Waals surface area contributed by atoms with Crippen molar-refractivity contribution in [3.8, 4) is 11.5 Å². The predicted octanol–water partition coefficient (Wildman–Crippen LogP) is 2.51. The van der Waals surface area contributed by atoms with Gasteiger partial charge < -0.3 is 14.8 Å². The Hall–Kier alpha value is -3.33. The normalized spacial score (nSPS) is 15.2. The lowest BCUT2D eigenvalue weighted by Gasteiger charge is -2.23. The van der Waals surface area contributed by atoms with Crippen LogP contribution >= 0.6 is 0 Å². The predicted molar refractivity (Wildman–Crippen MR) is 111 cm³/mol. The Morgan fingerprint density at radius 3 is 2.31 bits per heavy atom. The third-order valence-electron chi connectivity index (χ3n) is 4.39. The molecule has 0 spiro atoms. The molecule has 1 aliphatic heterocycles. The molecule has 8 nitrogen and oxygen atoms in total. The van der Waals surface area contributed by atoms with Gasteiger partial charge in [-0.3, -0.25) is 4.79 Å². The quantitative estimate of drug-likeness (QED) is 0.809. The number of benzene rings is 2. The van der Waals surface area contributed by atoms with Gasteiger partial charge in [0, 0.05) is 18.3 Å². The second-order valence-electron chi connectivity index (χ2n) is 6.34. The molecular formula is C20H21N3O5S. The van der Waals surface area contributed by atoms with E-state index < -0.39 is 16.1 Å². The molecule has 1 aliphatic rings. The summed E-state index contributed by atoms with van der Waals surface area (Å²) in [6, 6.07) is 12.1. The van der Waals surface area contributed by atoms with Crippen LogP contribution in [0.3, 0.4) is 0 Å². The monoisotopic (exact) mass is 415 g/mol. The lowest BCUT2D eigenvalue weighted by molar-refractivity contribution is -0.113. The number of methoxy groups -OCH3 is 2. The van der Waals surface area contributed by atoms with Crippen LogP contribution in [0.5, 0.6) is 11.5 Å². The number of allylic oxidation sites excluding steroid dienone is 1. The Balaban J connectivity index is 1.99. The zero-order valence-electron chi connectivity index (χ0n) is 16.5. The number of aryl methyl sites for hydroxylation is 1. The summed E-state index contributed by atoms with van der Waals surface area (Å²) in [4.78, 5) is 12.8. The van der Waals surface area contributed by atoms with E-state index in [4.69, 9.17) is 9.47 Å². The van der Waals surface area contributed by atoms with Gasteiger partial charge in [-0.1, -0.05) is 17.7 Å². The second-order valence-corrected chi connectivity index (χ2v) is 7.97. The van der Waals surface area contributed by atoms with Crippen molar-refractivity contribution < 1.29 is 22.7 Å². The van der Waals surface area contributed by atoms with Crippen molar-refractivity contribution in [1.29, 1.82) is 0 Å². The molecule has 0 saturated carbocycles. The molecule has 0 bridgehead atoms. The standard InChI is InChI=1S/C20H21N3O5S/c1-13-5-8-15(9-6-13)21-20(24)17-12-16(22-29(25,26)23(17)2)14-7-10-18(27-3)19(11-14)28-4/h5-12H,1-4H3,(H,21,24). The first-order valence-corrected chi connectivity index (χ1v) is 10.1. The molecule has 0 unspecified atom stereocenters. The van der Waals surface area contributed by atoms with Crippen LogP contribution in [0.4, 0.5) is 5.69 Å². The van der Waals surface area contributed by atoms with Crippen molar-refractivity contribution in [2.45, 2.75) is 6.92 Å². The molecule has 3 rings (SSSR count). The lowest BCUT2D eigenvalue weighted by atomic mass is 10.1. The third-order valence-corrected chi connectivity index (χ3v) is 5.71. The Morgan fingerprint density at radius 1 is 1.03 bits per heavy atom. The number of carbonyl (C=O) groups excluding carboxylic acids is 1. The topological polar surface area (TPSA) is 97.3 Å². The van der Waals surface area contributed by atoms with E-state index >= 15 is 0 Å². The number of rotatable bonds is 5. The Labute approximate surface area is 169 Å². The molecule has 1 heterocycles. The average Bonchev–Trinajstić information content (AvgIpc) is 2.70. The van der Waals surface area contributed by atoms with Gasteiger partial charge in [-0.15, -0.1) is 4.40 Å². The van der Waals surface area contributed by atoms with Gasteiger partial charge in [-0.25, -0.2) is 4.31 Å². The number of hydrogen-bond donors (Lipinski definition) is 1. The summed E-state index contributed by atoms with van der Waals surface area (Å²) >= 11 is 0. The van der Waals surface area contributed by atoms with Crippen molar-refractivity contribution in [2.75, 3.05) is 26.6 Å². The molecule has 29 heavy (non-hydrogen) atoms. The molecule has 0 aromatic heterocycles. The summed E-state index contributed by atoms with van der Waals surface area (Å²) in [5.74, 6) is 0.352. The van der Waals surface area contributed by atoms with Crippen molar-refractivity contribution in [1.82, 2.24) is 4.31 Å². The number of nitrogens with zero attached hydrogens (tertiary/aromatic N) is 2. The van der Waals surface area contributed by atoms with Gasteiger partial charge in [0.1, 0.15) is 5.70 Å². The van der Waals surface area contributed by atoms with Gasteiger partial charge >= 0.3 is 10.2 Å². The molecule has 2 aromatic rings. The van der Waals surface area contributed by atoms with Crippen LogP contribution in [-0.2, 0) is 15.0 Å². The van der Waals surface area contributed by atoms with Gasteiger partial charge in [-0.05, 0) is 43.3 Å². The minimum absolute atomic E-state index is 0.0506. The molecule has 152 valence electrons. The summed E-state index contributed by atoms with van der Waals surface area (Å²) < 4.78 is 40.2. The zero-order valence-corrected chi connectivity index (χ0v) is 17.3. The number of ether oxygens (including phenoxy) is 2. The van der Waals surface area contributed by atoms with Crippen LogP contribution in [0, 0.1) is 6.92 Å². The van der Waals surface area contributed by atoms with Gasteiger partial charge in [-0.2, -0.15) is 8.42 Å². The number of hydrogen-bond acceptors (Lipinski definition) is 5. The molecule has 9 heteroatoms. The fourth-order valence-electron chi connectivity index (χ4n) is 2.73. The third kappa shape index (κ3) is 4.24. The maximum Gasteiger partial charge on any atom is 0.345 e. The molecule has 0 aliphatic carbocycles. The maximum absolute atomic E-state index is 12.8. The fraction of sp³-hybridized carbons (Fsp3) is 0.200. The van der Waals surface area contributed by atoms with Gasteiger partial charge in [0.2, 0.25) is 0 Å². The highest BCUT2D eigenvalue weighted by Gasteiger charge is 2.30. The van der Waals surface area contributed by atoms with Crippen molar-refractivity contribution in [3.63, 3.8) is 0 Å². The van der Waals surface area contributed by atoms with Crippen molar-refractivity contribution >= 4 is 27.5 Å². The minimum Gasteiger partial charge on any atom is -0.493 e. The molecule has 0 atom stereocenters. The molecular weight excluding hydrogens is 394 g/mol. The van der Waals surface area contributed by atoms with Crippen LogP contribution in [-0.4, -0.2) is 45.6 Å². The van der Waals surface area contributed by atoms with E-state index in [1.165, 1.54) is 27.3 Å². The fourth-order valence-corrected chi connectivity index (χ4v) is 3.64. The summed E-state index contributed by atoms with van der Waals surface area (Å²) in [7, 11) is 0.195. The van der Waals surface area contributed by atoms with Crippen LogP contribution in [0.15, 0.2) is 58.6 Å². The second kappa shape index (κ2) is 7.96. The number of nitrogens with one attached hydrogen (secondary N) is 1. The minimum atomic E-state index is -4.07. The first-order chi connectivity index (χ1) is 13.7. The van der Waals surface area contributed by atoms with E-state index in [0.717, 1.165) is 9.87 Å². The number of anilines is 1. The first-order valence-electron chi connectivity index (χ1n) is 8.66. The Kier molecular flexibility index (Phi) is 5.60. The van der Waals surface area contributed by atoms with E-state index in [1.807, 2.05) is 19.1 Å². The Morgan fingerprint density at radius 2 is 1.69 bits per heavy atom. The SMILES string of the molecule is COc1ccc(C2=NS(=O)(=O)N(C)C(C(=O)Nc3ccc(C)cc3)=C2)cc1OC. The summed E-state index contributed by atoms with van der Waals surface area (Å²) in [5, 5.41) is 2.71. The summed E-state index contributed by atoms with van der Waals surface area (Å²) in [5.41, 5.74) is 2.15. The van der Waals surface area contributed by atoms with E-state index in [1.54, 1.807) is 30.3 Å². The van der Waals surface area contributed by atoms with Gasteiger partial charge in [0.15, 0.2) is 11.5 Å². The summed E-state index contributed by atoms with van der Waals surface area (Å²) in [6.45, 7) is 1.93. The van der Waals surface area contributed by atoms with E-state index in [2.05, 4.69) is 9.71 Å². The first kappa shape index (κ1) is 20.4. The van der Waals surface area contributed by atoms with Gasteiger partial charge in [0.25, 0.3) is 5.91 Å². The zero-order chi connectivity index (χ0) is 21.2. The Bertz CT molecular complexity index is 1110. The largest absolute Gasteiger partial charge is 0.493 e.